The number of nitrogens with one attached hydrogen (secondary N) is 1. The molecule has 1 aliphatic rings. The first-order valence-corrected chi connectivity index (χ1v) is 8.49. The van der Waals surface area contributed by atoms with Gasteiger partial charge in [-0.2, -0.15) is 4.31 Å². The first kappa shape index (κ1) is 16.2. The second kappa shape index (κ2) is 5.92. The Morgan fingerprint density at radius 2 is 1.81 bits per heavy atom. The molecule has 1 aromatic carbocycles. The van der Waals surface area contributed by atoms with E-state index in [2.05, 4.69) is 10.3 Å². The molecule has 21 heavy (non-hydrogen) atoms. The van der Waals surface area contributed by atoms with Crippen LogP contribution in [0.25, 0.3) is 0 Å². The molecule has 2 rings (SSSR count). The molecule has 1 aliphatic heterocycles. The van der Waals surface area contributed by atoms with E-state index in [-0.39, 0.29) is 6.04 Å². The molecule has 1 atom stereocenters. The molecule has 0 spiro atoms. The van der Waals surface area contributed by atoms with Crippen LogP contribution in [0.15, 0.2) is 17.0 Å². The van der Waals surface area contributed by atoms with Crippen molar-refractivity contribution in [3.63, 3.8) is 0 Å². The van der Waals surface area contributed by atoms with E-state index >= 15 is 0 Å². The average molecular weight is 312 g/mol. The predicted molar refractivity (Wildman–Crippen MR) is 84.6 cm³/mol. The lowest BCUT2D eigenvalue weighted by Gasteiger charge is -2.37. The molecule has 0 bridgehead atoms. The maximum atomic E-state index is 13.0. The Morgan fingerprint density at radius 1 is 1.24 bits per heavy atom. The minimum Gasteiger partial charge on any atom is -0.324 e. The summed E-state index contributed by atoms with van der Waals surface area (Å²) in [6.07, 6.45) is 0. The molecule has 1 unspecified atom stereocenters. The van der Waals surface area contributed by atoms with Gasteiger partial charge in [0.2, 0.25) is 10.0 Å². The molecular weight excluding hydrogens is 288 g/mol. The SMILES string of the molecule is Cc1cc(NN)cc(C)c1S(=O)(=O)N1CCN(C)CC1C. The fraction of sp³-hybridized carbons (Fsp3) is 0.571. The highest BCUT2D eigenvalue weighted by molar-refractivity contribution is 7.89. The van der Waals surface area contributed by atoms with Crippen LogP contribution in [-0.4, -0.2) is 50.3 Å². The Bertz CT molecular complexity index is 607. The molecule has 1 fully saturated rings. The van der Waals surface area contributed by atoms with Crippen molar-refractivity contribution in [1.82, 2.24) is 9.21 Å². The monoisotopic (exact) mass is 312 g/mol. The fourth-order valence-electron chi connectivity index (χ4n) is 3.04. The molecule has 0 saturated carbocycles. The average Bonchev–Trinajstić information content (AvgIpc) is 2.36. The lowest BCUT2D eigenvalue weighted by atomic mass is 10.1. The second-order valence-electron chi connectivity index (χ2n) is 5.81. The van der Waals surface area contributed by atoms with Crippen LogP contribution in [0.2, 0.25) is 0 Å². The first-order valence-electron chi connectivity index (χ1n) is 7.05. The summed E-state index contributed by atoms with van der Waals surface area (Å²) < 4.78 is 27.6. The van der Waals surface area contributed by atoms with Crippen LogP contribution < -0.4 is 11.3 Å². The smallest absolute Gasteiger partial charge is 0.243 e. The van der Waals surface area contributed by atoms with Gasteiger partial charge in [0, 0.05) is 31.4 Å². The van der Waals surface area contributed by atoms with Crippen molar-refractivity contribution in [2.45, 2.75) is 31.7 Å². The van der Waals surface area contributed by atoms with Crippen molar-refractivity contribution in [2.75, 3.05) is 32.1 Å². The van der Waals surface area contributed by atoms with Crippen LogP contribution in [0.4, 0.5) is 5.69 Å². The second-order valence-corrected chi connectivity index (χ2v) is 7.64. The van der Waals surface area contributed by atoms with Crippen LogP contribution in [0.1, 0.15) is 18.1 Å². The third kappa shape index (κ3) is 3.06. The molecule has 7 heteroatoms. The Balaban J connectivity index is 2.45. The zero-order valence-corrected chi connectivity index (χ0v) is 13.9. The molecule has 1 heterocycles. The number of piperazine rings is 1. The number of nitrogens with zero attached hydrogens (tertiary/aromatic N) is 2. The van der Waals surface area contributed by atoms with E-state index in [1.165, 1.54) is 0 Å². The van der Waals surface area contributed by atoms with Gasteiger partial charge in [-0.1, -0.05) is 0 Å². The van der Waals surface area contributed by atoms with E-state index in [1.54, 1.807) is 16.4 Å². The summed E-state index contributed by atoms with van der Waals surface area (Å²) in [6, 6.07) is 3.50. The summed E-state index contributed by atoms with van der Waals surface area (Å²) in [5, 5.41) is 0. The van der Waals surface area contributed by atoms with Gasteiger partial charge in [0.25, 0.3) is 0 Å². The van der Waals surface area contributed by atoms with Crippen molar-refractivity contribution in [3.05, 3.63) is 23.3 Å². The summed E-state index contributed by atoms with van der Waals surface area (Å²) in [6.45, 7) is 7.59. The number of nitrogen functional groups attached to an aromatic ring is 1. The first-order chi connectivity index (χ1) is 9.77. The van der Waals surface area contributed by atoms with Crippen molar-refractivity contribution in [2.24, 2.45) is 5.84 Å². The molecule has 0 aromatic heterocycles. The van der Waals surface area contributed by atoms with Gasteiger partial charge in [-0.25, -0.2) is 8.42 Å². The zero-order chi connectivity index (χ0) is 15.8. The van der Waals surface area contributed by atoms with Crippen LogP contribution in [0.3, 0.4) is 0 Å². The predicted octanol–water partition coefficient (Wildman–Crippen LogP) is 0.914. The van der Waals surface area contributed by atoms with Gasteiger partial charge < -0.3 is 10.3 Å². The van der Waals surface area contributed by atoms with Crippen molar-refractivity contribution in [1.29, 1.82) is 0 Å². The molecule has 1 aromatic rings. The summed E-state index contributed by atoms with van der Waals surface area (Å²) in [5.74, 6) is 5.41. The normalized spacial score (nSPS) is 21.5. The highest BCUT2D eigenvalue weighted by Gasteiger charge is 2.34. The minimum absolute atomic E-state index is 0.0279. The number of aryl methyl sites for hydroxylation is 2. The Labute approximate surface area is 126 Å². The van der Waals surface area contributed by atoms with Crippen molar-refractivity contribution < 1.29 is 8.42 Å². The molecule has 3 N–H and O–H groups in total. The molecule has 118 valence electrons. The lowest BCUT2D eigenvalue weighted by Crippen LogP contribution is -2.52. The van der Waals surface area contributed by atoms with Gasteiger partial charge in [-0.15, -0.1) is 0 Å². The van der Waals surface area contributed by atoms with Crippen LogP contribution in [-0.2, 0) is 10.0 Å². The number of nitrogens with two attached hydrogens (primary N) is 1. The van der Waals surface area contributed by atoms with Crippen molar-refractivity contribution >= 4 is 15.7 Å². The summed E-state index contributed by atoms with van der Waals surface area (Å²) in [7, 11) is -1.47. The van der Waals surface area contributed by atoms with Crippen LogP contribution in [0.5, 0.6) is 0 Å². The highest BCUT2D eigenvalue weighted by Crippen LogP contribution is 2.29. The summed E-state index contributed by atoms with van der Waals surface area (Å²) >= 11 is 0. The number of rotatable bonds is 3. The number of likely N-dealkylation sites (N-methyl/N-ethyl adjacent to an activating group) is 1. The van der Waals surface area contributed by atoms with E-state index in [4.69, 9.17) is 5.84 Å². The van der Waals surface area contributed by atoms with Gasteiger partial charge in [-0.3, -0.25) is 5.84 Å². The number of hydrogen-bond donors (Lipinski definition) is 2. The van der Waals surface area contributed by atoms with E-state index in [1.807, 2.05) is 27.8 Å². The van der Waals surface area contributed by atoms with Crippen LogP contribution in [0, 0.1) is 13.8 Å². The number of anilines is 1. The largest absolute Gasteiger partial charge is 0.324 e. The van der Waals surface area contributed by atoms with E-state index in [0.29, 0.717) is 22.6 Å². The Kier molecular flexibility index (Phi) is 4.57. The van der Waals surface area contributed by atoms with E-state index < -0.39 is 10.0 Å². The molecule has 6 nitrogen and oxygen atoms in total. The van der Waals surface area contributed by atoms with Crippen LogP contribution >= 0.6 is 0 Å². The van der Waals surface area contributed by atoms with Gasteiger partial charge in [0.15, 0.2) is 0 Å². The summed E-state index contributed by atoms with van der Waals surface area (Å²) in [5.41, 5.74) is 4.72. The maximum Gasteiger partial charge on any atom is 0.243 e. The van der Waals surface area contributed by atoms with Gasteiger partial charge in [0.1, 0.15) is 0 Å². The number of hydrogen-bond acceptors (Lipinski definition) is 5. The van der Waals surface area contributed by atoms with Gasteiger partial charge >= 0.3 is 0 Å². The molecule has 0 amide bonds. The van der Waals surface area contributed by atoms with Crippen molar-refractivity contribution in [3.8, 4) is 0 Å². The fourth-order valence-corrected chi connectivity index (χ4v) is 5.07. The lowest BCUT2D eigenvalue weighted by molar-refractivity contribution is 0.170. The number of sulfonamides is 1. The molecule has 0 aliphatic carbocycles. The van der Waals surface area contributed by atoms with Gasteiger partial charge in [0.05, 0.1) is 4.90 Å². The molecular formula is C14H24N4O2S. The molecule has 0 radical (unpaired) electrons. The third-order valence-corrected chi connectivity index (χ3v) is 6.28. The Hall–Kier alpha value is -1.15. The third-order valence-electron chi connectivity index (χ3n) is 3.96. The minimum atomic E-state index is -3.48. The maximum absolute atomic E-state index is 13.0. The highest BCUT2D eigenvalue weighted by atomic mass is 32.2. The van der Waals surface area contributed by atoms with E-state index in [9.17, 15) is 8.42 Å². The topological polar surface area (TPSA) is 78.7 Å². The van der Waals surface area contributed by atoms with Gasteiger partial charge in [-0.05, 0) is 51.1 Å². The standard InChI is InChI=1S/C14H24N4O2S/c1-10-7-13(16-15)8-11(2)14(10)21(19,20)18-6-5-17(4)9-12(18)3/h7-8,12,16H,5-6,9,15H2,1-4H3. The number of benzene rings is 1. The quantitative estimate of drug-likeness (QED) is 0.641. The Morgan fingerprint density at radius 3 is 2.29 bits per heavy atom. The zero-order valence-electron chi connectivity index (χ0n) is 13.0. The van der Waals surface area contributed by atoms with E-state index in [0.717, 1.165) is 18.8 Å². The summed E-state index contributed by atoms with van der Waals surface area (Å²) in [4.78, 5) is 2.55. The molecule has 1 saturated heterocycles. The number of hydrazine groups is 1.